The zero-order valence-corrected chi connectivity index (χ0v) is 11.4. The van der Waals surface area contributed by atoms with E-state index in [2.05, 4.69) is 20.6 Å². The second-order valence-electron chi connectivity index (χ2n) is 5.16. The highest BCUT2D eigenvalue weighted by Gasteiger charge is 2.27. The lowest BCUT2D eigenvalue weighted by Crippen LogP contribution is -2.30. The molecule has 0 fully saturated rings. The SMILES string of the molecule is O=C(c1nn[nH]n1)c1c(O)c2cccc3c2n(c1=O)CCC3. The van der Waals surface area contributed by atoms with Gasteiger partial charge in [-0.1, -0.05) is 12.1 Å². The number of rotatable bonds is 2. The molecule has 3 aromatic rings. The fourth-order valence-electron chi connectivity index (χ4n) is 2.99. The predicted octanol–water partition coefficient (Wildman–Crippen LogP) is 0.397. The molecule has 0 saturated heterocycles. The lowest BCUT2D eigenvalue weighted by Gasteiger charge is -2.20. The van der Waals surface area contributed by atoms with E-state index in [0.717, 1.165) is 18.4 Å². The van der Waals surface area contributed by atoms with Crippen LogP contribution in [0, 0.1) is 0 Å². The number of tetrazole rings is 1. The van der Waals surface area contributed by atoms with Crippen molar-refractivity contribution in [1.29, 1.82) is 0 Å². The molecule has 2 aromatic heterocycles. The smallest absolute Gasteiger partial charge is 0.266 e. The van der Waals surface area contributed by atoms with Gasteiger partial charge in [0.2, 0.25) is 11.6 Å². The third-order valence-electron chi connectivity index (χ3n) is 3.94. The van der Waals surface area contributed by atoms with Gasteiger partial charge >= 0.3 is 0 Å². The number of aromatic nitrogens is 5. The number of aromatic amines is 1. The van der Waals surface area contributed by atoms with Crippen LogP contribution in [-0.2, 0) is 13.0 Å². The maximum absolute atomic E-state index is 12.7. The van der Waals surface area contributed by atoms with Crippen molar-refractivity contribution in [3.63, 3.8) is 0 Å². The number of carbonyl (C=O) groups is 1. The summed E-state index contributed by atoms with van der Waals surface area (Å²) >= 11 is 0. The van der Waals surface area contributed by atoms with Crippen molar-refractivity contribution in [2.24, 2.45) is 0 Å². The molecule has 0 radical (unpaired) electrons. The fourth-order valence-corrected chi connectivity index (χ4v) is 2.99. The number of ketones is 1. The Morgan fingerprint density at radius 3 is 3.00 bits per heavy atom. The van der Waals surface area contributed by atoms with Crippen molar-refractivity contribution < 1.29 is 9.90 Å². The standard InChI is InChI=1S/C14H11N5O3/c20-11-8-5-1-3-7-4-2-6-19(10(7)8)14(22)9(11)12(21)13-15-17-18-16-13/h1,3,5,20H,2,4,6H2,(H,15,16,17,18). The Kier molecular flexibility index (Phi) is 2.59. The summed E-state index contributed by atoms with van der Waals surface area (Å²) in [5.74, 6) is -1.31. The number of hydrogen-bond acceptors (Lipinski definition) is 6. The topological polar surface area (TPSA) is 114 Å². The first-order valence-corrected chi connectivity index (χ1v) is 6.84. The van der Waals surface area contributed by atoms with Gasteiger partial charge in [0.05, 0.1) is 5.52 Å². The lowest BCUT2D eigenvalue weighted by atomic mass is 9.98. The van der Waals surface area contributed by atoms with Crippen LogP contribution in [0.25, 0.3) is 10.9 Å². The van der Waals surface area contributed by atoms with Crippen LogP contribution in [0.4, 0.5) is 0 Å². The predicted molar refractivity (Wildman–Crippen MR) is 75.8 cm³/mol. The molecule has 1 aliphatic rings. The molecule has 0 bridgehead atoms. The molecule has 110 valence electrons. The van der Waals surface area contributed by atoms with E-state index in [0.29, 0.717) is 17.4 Å². The number of hydrogen-bond donors (Lipinski definition) is 2. The summed E-state index contributed by atoms with van der Waals surface area (Å²) in [7, 11) is 0. The van der Waals surface area contributed by atoms with Gasteiger partial charge in [0.25, 0.3) is 5.56 Å². The van der Waals surface area contributed by atoms with Crippen molar-refractivity contribution in [3.8, 4) is 5.75 Å². The van der Waals surface area contributed by atoms with Crippen LogP contribution < -0.4 is 5.56 Å². The molecule has 0 saturated carbocycles. The molecular weight excluding hydrogens is 286 g/mol. The maximum Gasteiger partial charge on any atom is 0.266 e. The average Bonchev–Trinajstić information content (AvgIpc) is 3.07. The fraction of sp³-hybridized carbons (Fsp3) is 0.214. The number of H-pyrrole nitrogens is 1. The van der Waals surface area contributed by atoms with Crippen LogP contribution in [0.1, 0.15) is 28.2 Å². The maximum atomic E-state index is 12.7. The highest BCUT2D eigenvalue weighted by Crippen LogP contribution is 2.32. The summed E-state index contributed by atoms with van der Waals surface area (Å²) in [6.07, 6.45) is 1.65. The summed E-state index contributed by atoms with van der Waals surface area (Å²) in [5, 5.41) is 23.6. The molecule has 8 heteroatoms. The number of pyridine rings is 1. The molecule has 22 heavy (non-hydrogen) atoms. The van der Waals surface area contributed by atoms with Crippen molar-refractivity contribution >= 4 is 16.7 Å². The van der Waals surface area contributed by atoms with E-state index in [1.165, 1.54) is 0 Å². The number of benzene rings is 1. The first-order valence-electron chi connectivity index (χ1n) is 6.84. The first-order chi connectivity index (χ1) is 10.7. The first kappa shape index (κ1) is 12.7. The lowest BCUT2D eigenvalue weighted by molar-refractivity contribution is 0.102. The van der Waals surface area contributed by atoms with E-state index in [4.69, 9.17) is 0 Å². The quantitative estimate of drug-likeness (QED) is 0.662. The monoisotopic (exact) mass is 297 g/mol. The summed E-state index contributed by atoms with van der Waals surface area (Å²) in [5.41, 5.74) is 0.857. The Hall–Kier alpha value is -3.03. The molecule has 0 spiro atoms. The van der Waals surface area contributed by atoms with Gasteiger partial charge < -0.3 is 9.67 Å². The third-order valence-corrected chi connectivity index (χ3v) is 3.94. The molecule has 0 unspecified atom stereocenters. The molecule has 2 N–H and O–H groups in total. The molecule has 8 nitrogen and oxygen atoms in total. The molecule has 1 aliphatic heterocycles. The average molecular weight is 297 g/mol. The summed E-state index contributed by atoms with van der Waals surface area (Å²) in [4.78, 5) is 25.1. The van der Waals surface area contributed by atoms with E-state index < -0.39 is 11.3 Å². The van der Waals surface area contributed by atoms with E-state index in [9.17, 15) is 14.7 Å². The molecule has 4 rings (SSSR count). The Morgan fingerprint density at radius 1 is 1.36 bits per heavy atom. The van der Waals surface area contributed by atoms with Gasteiger partial charge in [-0.05, 0) is 29.7 Å². The molecular formula is C14H11N5O3. The number of nitrogens with zero attached hydrogens (tertiary/aromatic N) is 4. The van der Waals surface area contributed by atoms with Gasteiger partial charge in [-0.25, -0.2) is 0 Å². The van der Waals surface area contributed by atoms with Gasteiger partial charge in [0.15, 0.2) is 0 Å². The number of aryl methyl sites for hydroxylation is 2. The summed E-state index contributed by atoms with van der Waals surface area (Å²) in [6.45, 7) is 0.513. The van der Waals surface area contributed by atoms with Crippen LogP contribution >= 0.6 is 0 Å². The second-order valence-corrected chi connectivity index (χ2v) is 5.16. The Bertz CT molecular complexity index is 959. The molecule has 0 aliphatic carbocycles. The Balaban J connectivity index is 2.09. The van der Waals surface area contributed by atoms with E-state index in [-0.39, 0.29) is 17.1 Å². The Labute approximate surface area is 123 Å². The minimum atomic E-state index is -0.738. The van der Waals surface area contributed by atoms with Crippen molar-refractivity contribution in [1.82, 2.24) is 25.2 Å². The normalized spacial score (nSPS) is 13.5. The summed E-state index contributed by atoms with van der Waals surface area (Å²) < 4.78 is 1.54. The van der Waals surface area contributed by atoms with Gasteiger partial charge in [0.1, 0.15) is 11.3 Å². The molecule has 0 atom stereocenters. The Morgan fingerprint density at radius 2 is 2.23 bits per heavy atom. The van der Waals surface area contributed by atoms with E-state index in [1.54, 1.807) is 16.7 Å². The highest BCUT2D eigenvalue weighted by molar-refractivity contribution is 6.11. The van der Waals surface area contributed by atoms with Crippen molar-refractivity contribution in [2.75, 3.05) is 0 Å². The summed E-state index contributed by atoms with van der Waals surface area (Å²) in [6, 6.07) is 5.43. The van der Waals surface area contributed by atoms with Gasteiger partial charge in [-0.3, -0.25) is 9.59 Å². The van der Waals surface area contributed by atoms with E-state index in [1.807, 2.05) is 6.07 Å². The highest BCUT2D eigenvalue weighted by atomic mass is 16.3. The number of nitrogens with one attached hydrogen (secondary N) is 1. The van der Waals surface area contributed by atoms with Crippen molar-refractivity contribution in [3.05, 3.63) is 45.5 Å². The molecule has 3 heterocycles. The van der Waals surface area contributed by atoms with Crippen LogP contribution in [0.3, 0.4) is 0 Å². The van der Waals surface area contributed by atoms with Gasteiger partial charge in [0, 0.05) is 11.9 Å². The number of aromatic hydroxyl groups is 1. The minimum absolute atomic E-state index is 0.244. The number of carbonyl (C=O) groups excluding carboxylic acids is 1. The third kappa shape index (κ3) is 1.60. The molecule has 0 amide bonds. The van der Waals surface area contributed by atoms with Crippen LogP contribution in [-0.4, -0.2) is 36.1 Å². The largest absolute Gasteiger partial charge is 0.506 e. The zero-order chi connectivity index (χ0) is 15.3. The van der Waals surface area contributed by atoms with Crippen LogP contribution in [0.15, 0.2) is 23.0 Å². The van der Waals surface area contributed by atoms with Crippen molar-refractivity contribution in [2.45, 2.75) is 19.4 Å². The second kappa shape index (κ2) is 4.48. The minimum Gasteiger partial charge on any atom is -0.506 e. The van der Waals surface area contributed by atoms with Crippen LogP contribution in [0.5, 0.6) is 5.75 Å². The van der Waals surface area contributed by atoms with E-state index >= 15 is 0 Å². The van der Waals surface area contributed by atoms with Gasteiger partial charge in [-0.15, -0.1) is 10.2 Å². The molecule has 1 aromatic carbocycles. The zero-order valence-electron chi connectivity index (χ0n) is 11.4. The van der Waals surface area contributed by atoms with Crippen LogP contribution in [0.2, 0.25) is 0 Å². The number of para-hydroxylation sites is 1. The van der Waals surface area contributed by atoms with Gasteiger partial charge in [-0.2, -0.15) is 5.21 Å².